The van der Waals surface area contributed by atoms with Crippen LogP contribution in [0.15, 0.2) is 36.7 Å². The van der Waals surface area contributed by atoms with E-state index in [1.54, 1.807) is 6.20 Å². The van der Waals surface area contributed by atoms with Crippen molar-refractivity contribution in [1.29, 1.82) is 0 Å². The quantitative estimate of drug-likeness (QED) is 0.329. The van der Waals surface area contributed by atoms with Gasteiger partial charge < -0.3 is 14.0 Å². The molecule has 10 heteroatoms. The summed E-state index contributed by atoms with van der Waals surface area (Å²) in [4.78, 5) is 24.1. The smallest absolute Gasteiger partial charge is 0.275 e. The van der Waals surface area contributed by atoms with E-state index in [0.29, 0.717) is 18.4 Å². The van der Waals surface area contributed by atoms with Crippen molar-refractivity contribution in [3.8, 4) is 5.19 Å². The number of pyridine rings is 2. The Kier molecular flexibility index (Phi) is 7.06. The number of ether oxygens (including phenoxy) is 2. The van der Waals surface area contributed by atoms with Crippen molar-refractivity contribution >= 4 is 32.8 Å². The van der Waals surface area contributed by atoms with Gasteiger partial charge in [-0.2, -0.15) is 0 Å². The number of rotatable bonds is 10. The lowest BCUT2D eigenvalue weighted by atomic mass is 10.3. The molecule has 0 amide bonds. The van der Waals surface area contributed by atoms with E-state index in [4.69, 9.17) is 14.5 Å². The molecule has 4 aromatic heterocycles. The van der Waals surface area contributed by atoms with Gasteiger partial charge in [0.15, 0.2) is 5.65 Å². The highest BCUT2D eigenvalue weighted by Gasteiger charge is 2.20. The van der Waals surface area contributed by atoms with Crippen LogP contribution < -0.4 is 4.74 Å². The lowest BCUT2D eigenvalue weighted by Gasteiger charge is -2.34. The SMILES string of the molecule is CCOCCn1c(CN2CCN(CCOc3nc4cccnc4s3)CC2)nc2cccnc21. The van der Waals surface area contributed by atoms with Crippen molar-refractivity contribution < 1.29 is 9.47 Å². The summed E-state index contributed by atoms with van der Waals surface area (Å²) < 4.78 is 13.7. The largest absolute Gasteiger partial charge is 0.469 e. The topological polar surface area (TPSA) is 81.4 Å². The fourth-order valence-corrected chi connectivity index (χ4v) is 4.89. The van der Waals surface area contributed by atoms with Crippen LogP contribution in [0.1, 0.15) is 12.7 Å². The number of fused-ring (bicyclic) bond motifs is 2. The van der Waals surface area contributed by atoms with E-state index in [9.17, 15) is 0 Å². The van der Waals surface area contributed by atoms with E-state index in [2.05, 4.69) is 29.3 Å². The molecular formula is C23H29N7O2S. The first-order chi connectivity index (χ1) is 16.3. The summed E-state index contributed by atoms with van der Waals surface area (Å²) in [5.74, 6) is 1.06. The van der Waals surface area contributed by atoms with Gasteiger partial charge >= 0.3 is 0 Å². The molecule has 0 saturated carbocycles. The summed E-state index contributed by atoms with van der Waals surface area (Å²) >= 11 is 1.50. The molecule has 0 spiro atoms. The third kappa shape index (κ3) is 5.30. The summed E-state index contributed by atoms with van der Waals surface area (Å²) in [7, 11) is 0. The first-order valence-corrected chi connectivity index (χ1v) is 12.3. The Balaban J connectivity index is 1.12. The van der Waals surface area contributed by atoms with Gasteiger partial charge in [0, 0.05) is 58.3 Å². The minimum atomic E-state index is 0.638. The van der Waals surface area contributed by atoms with E-state index in [0.717, 1.165) is 79.8 Å². The van der Waals surface area contributed by atoms with Crippen molar-refractivity contribution in [2.45, 2.75) is 20.0 Å². The number of thiazole rings is 1. The van der Waals surface area contributed by atoms with Crippen LogP contribution in [0, 0.1) is 0 Å². The number of piperazine rings is 1. The Morgan fingerprint density at radius 1 is 0.909 bits per heavy atom. The number of nitrogens with zero attached hydrogens (tertiary/aromatic N) is 7. The molecule has 4 aromatic rings. The summed E-state index contributed by atoms with van der Waals surface area (Å²) in [6.07, 6.45) is 3.62. The maximum absolute atomic E-state index is 5.89. The molecule has 1 aliphatic heterocycles. The van der Waals surface area contributed by atoms with E-state index in [1.165, 1.54) is 11.3 Å². The Morgan fingerprint density at radius 3 is 2.52 bits per heavy atom. The fraction of sp³-hybridized carbons (Fsp3) is 0.478. The second kappa shape index (κ2) is 10.5. The Bertz CT molecular complexity index is 1150. The molecule has 9 nitrogen and oxygen atoms in total. The fourth-order valence-electron chi connectivity index (χ4n) is 4.11. The van der Waals surface area contributed by atoms with Gasteiger partial charge in [-0.15, -0.1) is 0 Å². The second-order valence-corrected chi connectivity index (χ2v) is 8.94. The highest BCUT2D eigenvalue weighted by molar-refractivity contribution is 7.19. The lowest BCUT2D eigenvalue weighted by Crippen LogP contribution is -2.47. The molecule has 1 aliphatic rings. The zero-order valence-corrected chi connectivity index (χ0v) is 19.7. The van der Waals surface area contributed by atoms with Gasteiger partial charge in [-0.1, -0.05) is 11.3 Å². The van der Waals surface area contributed by atoms with E-state index >= 15 is 0 Å². The Labute approximate surface area is 197 Å². The van der Waals surface area contributed by atoms with Crippen LogP contribution in [0.3, 0.4) is 0 Å². The molecule has 33 heavy (non-hydrogen) atoms. The molecule has 5 heterocycles. The third-order valence-corrected chi connectivity index (χ3v) is 6.75. The van der Waals surface area contributed by atoms with Gasteiger partial charge in [-0.3, -0.25) is 9.80 Å². The molecule has 0 atom stereocenters. The first-order valence-electron chi connectivity index (χ1n) is 11.5. The van der Waals surface area contributed by atoms with Gasteiger partial charge in [0.05, 0.1) is 13.2 Å². The molecule has 1 saturated heterocycles. The molecule has 0 radical (unpaired) electrons. The maximum Gasteiger partial charge on any atom is 0.275 e. The van der Waals surface area contributed by atoms with Gasteiger partial charge in [0.2, 0.25) is 0 Å². The van der Waals surface area contributed by atoms with Crippen LogP contribution in [0.25, 0.3) is 21.5 Å². The monoisotopic (exact) mass is 467 g/mol. The van der Waals surface area contributed by atoms with Crippen LogP contribution in [0.4, 0.5) is 0 Å². The standard InChI is InChI=1S/C23H29N7O2S/c1-2-31-15-14-30-20(26-18-5-3-7-24-21(18)30)17-29-11-9-28(10-12-29)13-16-32-23-27-19-6-4-8-25-22(19)33-23/h3-8H,2,9-17H2,1H3. The molecular weight excluding hydrogens is 438 g/mol. The Hall–Kier alpha value is -2.66. The van der Waals surface area contributed by atoms with Crippen molar-refractivity contribution in [3.05, 3.63) is 42.5 Å². The van der Waals surface area contributed by atoms with Crippen LogP contribution in [-0.2, 0) is 17.8 Å². The maximum atomic E-state index is 5.89. The highest BCUT2D eigenvalue weighted by Crippen LogP contribution is 2.25. The average molecular weight is 468 g/mol. The normalized spacial score (nSPS) is 15.5. The predicted octanol–water partition coefficient (Wildman–Crippen LogP) is 2.67. The number of imidazole rings is 1. The van der Waals surface area contributed by atoms with E-state index < -0.39 is 0 Å². The predicted molar refractivity (Wildman–Crippen MR) is 129 cm³/mol. The number of hydrogen-bond acceptors (Lipinski definition) is 9. The minimum Gasteiger partial charge on any atom is -0.469 e. The number of hydrogen-bond donors (Lipinski definition) is 0. The van der Waals surface area contributed by atoms with Gasteiger partial charge in [0.25, 0.3) is 5.19 Å². The van der Waals surface area contributed by atoms with E-state index in [-0.39, 0.29) is 0 Å². The van der Waals surface area contributed by atoms with Gasteiger partial charge in [-0.05, 0) is 31.2 Å². The summed E-state index contributed by atoms with van der Waals surface area (Å²) in [5, 5.41) is 0.696. The zero-order valence-electron chi connectivity index (χ0n) is 18.9. The summed E-state index contributed by atoms with van der Waals surface area (Å²) in [5.41, 5.74) is 2.78. The molecule has 0 aliphatic carbocycles. The lowest BCUT2D eigenvalue weighted by molar-refractivity contribution is 0.108. The van der Waals surface area contributed by atoms with E-state index in [1.807, 2.05) is 37.4 Å². The Morgan fingerprint density at radius 2 is 1.70 bits per heavy atom. The van der Waals surface area contributed by atoms with Crippen LogP contribution >= 0.6 is 11.3 Å². The summed E-state index contributed by atoms with van der Waals surface area (Å²) in [6.45, 7) is 10.6. The molecule has 5 rings (SSSR count). The van der Waals surface area contributed by atoms with Crippen molar-refractivity contribution in [2.24, 2.45) is 0 Å². The number of aromatic nitrogens is 5. The second-order valence-electron chi connectivity index (χ2n) is 8.00. The molecule has 0 N–H and O–H groups in total. The molecule has 1 fully saturated rings. The molecule has 0 bridgehead atoms. The third-order valence-electron chi connectivity index (χ3n) is 5.86. The van der Waals surface area contributed by atoms with Crippen LogP contribution in [-0.4, -0.2) is 86.8 Å². The molecule has 0 aromatic carbocycles. The first kappa shape index (κ1) is 22.1. The van der Waals surface area contributed by atoms with Crippen LogP contribution in [0.2, 0.25) is 0 Å². The zero-order chi connectivity index (χ0) is 22.5. The minimum absolute atomic E-state index is 0.638. The van der Waals surface area contributed by atoms with Crippen molar-refractivity contribution in [3.63, 3.8) is 0 Å². The average Bonchev–Trinajstić information content (AvgIpc) is 3.41. The summed E-state index contributed by atoms with van der Waals surface area (Å²) in [6, 6.07) is 7.84. The highest BCUT2D eigenvalue weighted by atomic mass is 32.1. The van der Waals surface area contributed by atoms with Gasteiger partial charge in [-0.25, -0.2) is 19.9 Å². The van der Waals surface area contributed by atoms with Crippen molar-refractivity contribution in [1.82, 2.24) is 34.3 Å². The molecule has 0 unspecified atom stereocenters. The van der Waals surface area contributed by atoms with Crippen molar-refractivity contribution in [2.75, 3.05) is 52.5 Å². The van der Waals surface area contributed by atoms with Crippen LogP contribution in [0.5, 0.6) is 5.19 Å². The molecule has 174 valence electrons. The van der Waals surface area contributed by atoms with Gasteiger partial charge in [0.1, 0.15) is 28.3 Å².